The fourth-order valence-electron chi connectivity index (χ4n) is 1.92. The number of carboxylic acid groups (broad SMARTS) is 1. The molecule has 5 nitrogen and oxygen atoms in total. The van der Waals surface area contributed by atoms with E-state index in [1.807, 2.05) is 20.0 Å². The number of halogens is 2. The Hall–Kier alpha value is -1.09. The van der Waals surface area contributed by atoms with E-state index in [9.17, 15) is 9.90 Å². The van der Waals surface area contributed by atoms with E-state index in [1.54, 1.807) is 16.8 Å². The first-order valence-electron chi connectivity index (χ1n) is 6.30. The number of aromatic carboxylic acids is 1. The molecule has 0 bridgehead atoms. The lowest BCUT2D eigenvalue weighted by molar-refractivity contribution is 0.0691. The average Bonchev–Trinajstić information content (AvgIpc) is 2.72. The van der Waals surface area contributed by atoms with Crippen LogP contribution in [-0.2, 0) is 20.1 Å². The van der Waals surface area contributed by atoms with E-state index < -0.39 is 5.97 Å². The predicted molar refractivity (Wildman–Crippen MR) is 90.7 cm³/mol. The lowest BCUT2D eigenvalue weighted by atomic mass is 10.2. The molecule has 7 heteroatoms. The van der Waals surface area contributed by atoms with E-state index in [0.717, 1.165) is 25.9 Å². The Bertz CT molecular complexity index is 685. The second-order valence-corrected chi connectivity index (χ2v) is 6.46. The van der Waals surface area contributed by atoms with Gasteiger partial charge in [-0.3, -0.25) is 4.68 Å². The van der Waals surface area contributed by atoms with Crippen LogP contribution in [-0.4, -0.2) is 20.9 Å². The standard InChI is InChI=1S/C14H14BrIN2O3/c1-3-10-13(15)11(18(2)17-10)7-21-12-5-4-8(16)6-9(12)14(19)20/h4-6H,3,7H2,1-2H3,(H,19,20). The lowest BCUT2D eigenvalue weighted by Gasteiger charge is -2.10. The average molecular weight is 465 g/mol. The Balaban J connectivity index is 2.25. The molecule has 0 aliphatic heterocycles. The summed E-state index contributed by atoms with van der Waals surface area (Å²) in [6, 6.07) is 5.09. The number of nitrogens with zero attached hydrogens (tertiary/aromatic N) is 2. The van der Waals surface area contributed by atoms with Crippen LogP contribution in [0.4, 0.5) is 0 Å². The van der Waals surface area contributed by atoms with Gasteiger partial charge in [-0.2, -0.15) is 5.10 Å². The fourth-order valence-corrected chi connectivity index (χ4v) is 3.14. The number of carboxylic acids is 1. The van der Waals surface area contributed by atoms with E-state index in [0.29, 0.717) is 5.75 Å². The molecule has 0 aliphatic rings. The van der Waals surface area contributed by atoms with Crippen molar-refractivity contribution in [1.29, 1.82) is 0 Å². The maximum absolute atomic E-state index is 11.3. The molecule has 0 saturated heterocycles. The maximum atomic E-state index is 11.3. The highest BCUT2D eigenvalue weighted by atomic mass is 127. The summed E-state index contributed by atoms with van der Waals surface area (Å²) >= 11 is 5.59. The summed E-state index contributed by atoms with van der Waals surface area (Å²) in [5.74, 6) is -0.643. The number of hydrogen-bond acceptors (Lipinski definition) is 3. The molecule has 0 unspecified atom stereocenters. The van der Waals surface area contributed by atoms with Crippen LogP contribution in [0.5, 0.6) is 5.75 Å². The molecule has 0 aliphatic carbocycles. The van der Waals surface area contributed by atoms with E-state index in [-0.39, 0.29) is 12.2 Å². The zero-order valence-corrected chi connectivity index (χ0v) is 15.3. The first-order chi connectivity index (χ1) is 9.93. The van der Waals surface area contributed by atoms with Gasteiger partial charge in [-0.1, -0.05) is 6.92 Å². The summed E-state index contributed by atoms with van der Waals surface area (Å²) in [6.07, 6.45) is 0.818. The summed E-state index contributed by atoms with van der Waals surface area (Å²) in [7, 11) is 1.84. The van der Waals surface area contributed by atoms with Crippen molar-refractivity contribution >= 4 is 44.5 Å². The van der Waals surface area contributed by atoms with Crippen LogP contribution in [0, 0.1) is 3.57 Å². The largest absolute Gasteiger partial charge is 0.486 e. The molecule has 1 aromatic heterocycles. The number of aryl methyl sites for hydroxylation is 2. The Labute approximate surface area is 144 Å². The normalized spacial score (nSPS) is 10.7. The van der Waals surface area contributed by atoms with Crippen molar-refractivity contribution in [2.24, 2.45) is 7.05 Å². The Kier molecular flexibility index (Phi) is 5.26. The third-order valence-corrected chi connectivity index (χ3v) is 4.63. The summed E-state index contributed by atoms with van der Waals surface area (Å²) in [4.78, 5) is 11.3. The fraction of sp³-hybridized carbons (Fsp3) is 0.286. The van der Waals surface area contributed by atoms with Gasteiger partial charge in [-0.05, 0) is 63.1 Å². The molecule has 2 aromatic rings. The minimum Gasteiger partial charge on any atom is -0.486 e. The highest BCUT2D eigenvalue weighted by Gasteiger charge is 2.16. The number of benzene rings is 1. The van der Waals surface area contributed by atoms with Crippen LogP contribution in [0.3, 0.4) is 0 Å². The van der Waals surface area contributed by atoms with Gasteiger partial charge in [0.05, 0.1) is 15.9 Å². The van der Waals surface area contributed by atoms with Gasteiger partial charge in [0, 0.05) is 10.6 Å². The quantitative estimate of drug-likeness (QED) is 0.686. The highest BCUT2D eigenvalue weighted by Crippen LogP contribution is 2.26. The molecule has 0 amide bonds. The Morgan fingerprint density at radius 1 is 1.52 bits per heavy atom. The molecular weight excluding hydrogens is 451 g/mol. The first-order valence-corrected chi connectivity index (χ1v) is 8.17. The van der Waals surface area contributed by atoms with Gasteiger partial charge < -0.3 is 9.84 Å². The molecule has 1 aromatic carbocycles. The zero-order chi connectivity index (χ0) is 15.6. The first kappa shape index (κ1) is 16.3. The second-order valence-electron chi connectivity index (χ2n) is 4.42. The van der Waals surface area contributed by atoms with Crippen LogP contribution in [0.1, 0.15) is 28.7 Å². The van der Waals surface area contributed by atoms with Crippen LogP contribution in [0.15, 0.2) is 22.7 Å². The van der Waals surface area contributed by atoms with Crippen LogP contribution in [0.25, 0.3) is 0 Å². The smallest absolute Gasteiger partial charge is 0.339 e. The van der Waals surface area contributed by atoms with E-state index in [2.05, 4.69) is 43.6 Å². The number of ether oxygens (including phenoxy) is 1. The molecule has 1 heterocycles. The second kappa shape index (κ2) is 6.78. The van der Waals surface area contributed by atoms with Gasteiger partial charge in [0.25, 0.3) is 0 Å². The van der Waals surface area contributed by atoms with Gasteiger partial charge in [-0.15, -0.1) is 0 Å². The van der Waals surface area contributed by atoms with E-state index >= 15 is 0 Å². The molecular formula is C14H14BrIN2O3. The number of carbonyl (C=O) groups is 1. The van der Waals surface area contributed by atoms with Crippen molar-refractivity contribution in [3.05, 3.63) is 43.2 Å². The Morgan fingerprint density at radius 3 is 2.81 bits per heavy atom. The molecule has 21 heavy (non-hydrogen) atoms. The number of rotatable bonds is 5. The molecule has 2 rings (SSSR count). The minimum atomic E-state index is -0.998. The van der Waals surface area contributed by atoms with Crippen molar-refractivity contribution in [1.82, 2.24) is 9.78 Å². The third kappa shape index (κ3) is 3.57. The van der Waals surface area contributed by atoms with Gasteiger partial charge in [0.15, 0.2) is 0 Å². The van der Waals surface area contributed by atoms with E-state index in [4.69, 9.17) is 4.74 Å². The Morgan fingerprint density at radius 2 is 2.24 bits per heavy atom. The zero-order valence-electron chi connectivity index (χ0n) is 11.6. The molecule has 0 spiro atoms. The van der Waals surface area contributed by atoms with Gasteiger partial charge in [0.1, 0.15) is 17.9 Å². The molecule has 1 N–H and O–H groups in total. The number of hydrogen-bond donors (Lipinski definition) is 1. The van der Waals surface area contributed by atoms with Gasteiger partial charge in [-0.25, -0.2) is 4.79 Å². The monoisotopic (exact) mass is 464 g/mol. The van der Waals surface area contributed by atoms with Crippen molar-refractivity contribution < 1.29 is 14.6 Å². The highest BCUT2D eigenvalue weighted by molar-refractivity contribution is 14.1. The molecule has 0 saturated carbocycles. The topological polar surface area (TPSA) is 64.4 Å². The summed E-state index contributed by atoms with van der Waals surface area (Å²) in [6.45, 7) is 2.28. The summed E-state index contributed by atoms with van der Waals surface area (Å²) in [5, 5.41) is 13.6. The van der Waals surface area contributed by atoms with Gasteiger partial charge >= 0.3 is 5.97 Å². The lowest BCUT2D eigenvalue weighted by Crippen LogP contribution is -2.07. The molecule has 0 atom stereocenters. The molecule has 0 fully saturated rings. The predicted octanol–water partition coefficient (Wildman–Crippen LogP) is 3.63. The van der Waals surface area contributed by atoms with Crippen molar-refractivity contribution in [3.63, 3.8) is 0 Å². The molecule has 0 radical (unpaired) electrons. The van der Waals surface area contributed by atoms with Crippen molar-refractivity contribution in [2.75, 3.05) is 0 Å². The molecule has 112 valence electrons. The summed E-state index contributed by atoms with van der Waals surface area (Å²) < 4.78 is 9.20. The SMILES string of the molecule is CCc1nn(C)c(COc2ccc(I)cc2C(=O)O)c1Br. The van der Waals surface area contributed by atoms with Crippen molar-refractivity contribution in [3.8, 4) is 5.75 Å². The van der Waals surface area contributed by atoms with Gasteiger partial charge in [0.2, 0.25) is 0 Å². The summed E-state index contributed by atoms with van der Waals surface area (Å²) in [5.41, 5.74) is 2.00. The van der Waals surface area contributed by atoms with Crippen molar-refractivity contribution in [2.45, 2.75) is 20.0 Å². The van der Waals surface area contributed by atoms with Crippen LogP contribution in [0.2, 0.25) is 0 Å². The minimum absolute atomic E-state index is 0.163. The maximum Gasteiger partial charge on any atom is 0.339 e. The van der Waals surface area contributed by atoms with E-state index in [1.165, 1.54) is 0 Å². The third-order valence-electron chi connectivity index (χ3n) is 3.04. The number of aromatic nitrogens is 2. The van der Waals surface area contributed by atoms with Crippen LogP contribution >= 0.6 is 38.5 Å². The van der Waals surface area contributed by atoms with Crippen LogP contribution < -0.4 is 4.74 Å².